The minimum absolute atomic E-state index is 0.101. The quantitative estimate of drug-likeness (QED) is 0.760. The number of amides is 1. The van der Waals surface area contributed by atoms with Crippen LogP contribution < -0.4 is 0 Å². The zero-order valence-electron chi connectivity index (χ0n) is 13.2. The lowest BCUT2D eigenvalue weighted by Crippen LogP contribution is -2.03. The Hall–Kier alpha value is -3.28. The first-order valence-electron chi connectivity index (χ1n) is 7.51. The summed E-state index contributed by atoms with van der Waals surface area (Å²) in [7, 11) is 0. The van der Waals surface area contributed by atoms with Gasteiger partial charge in [0.2, 0.25) is 0 Å². The van der Waals surface area contributed by atoms with Gasteiger partial charge in [-0.05, 0) is 38.1 Å². The maximum atomic E-state index is 12.5. The number of fused-ring (bicyclic) bond motifs is 1. The third-order valence-corrected chi connectivity index (χ3v) is 3.92. The van der Waals surface area contributed by atoms with E-state index in [-0.39, 0.29) is 5.88 Å². The van der Waals surface area contributed by atoms with E-state index in [1.807, 2.05) is 38.1 Å². The number of aromatic nitrogens is 3. The number of nitrogens with zero attached hydrogens (tertiary/aromatic N) is 3. The molecule has 6 heteroatoms. The number of pyridine rings is 2. The van der Waals surface area contributed by atoms with Crippen molar-refractivity contribution in [1.82, 2.24) is 15.0 Å². The summed E-state index contributed by atoms with van der Waals surface area (Å²) in [5.41, 5.74) is 4.36. The van der Waals surface area contributed by atoms with Crippen molar-refractivity contribution in [3.63, 3.8) is 0 Å². The van der Waals surface area contributed by atoms with Gasteiger partial charge in [0.15, 0.2) is 5.88 Å². The first kappa shape index (κ1) is 14.3. The van der Waals surface area contributed by atoms with E-state index in [1.165, 1.54) is 0 Å². The van der Waals surface area contributed by atoms with Gasteiger partial charge in [-0.25, -0.2) is 4.99 Å². The molecular formula is C18H14N4O2. The van der Waals surface area contributed by atoms with Gasteiger partial charge in [0.1, 0.15) is 5.71 Å². The van der Waals surface area contributed by atoms with Crippen LogP contribution in [0.2, 0.25) is 0 Å². The number of aromatic hydroxyl groups is 1. The first-order chi connectivity index (χ1) is 11.5. The Kier molecular flexibility index (Phi) is 3.06. The van der Waals surface area contributed by atoms with Gasteiger partial charge in [0, 0.05) is 11.4 Å². The molecule has 0 fully saturated rings. The second-order valence-corrected chi connectivity index (χ2v) is 5.69. The van der Waals surface area contributed by atoms with Crippen LogP contribution in [0.1, 0.15) is 33.0 Å². The molecule has 3 aromatic heterocycles. The number of rotatable bonds is 2. The average molecular weight is 318 g/mol. The Bertz CT molecular complexity index is 1020. The first-order valence-corrected chi connectivity index (χ1v) is 7.51. The summed E-state index contributed by atoms with van der Waals surface area (Å²) in [6, 6.07) is 11.0. The zero-order valence-corrected chi connectivity index (χ0v) is 13.2. The van der Waals surface area contributed by atoms with Gasteiger partial charge in [-0.3, -0.25) is 14.8 Å². The molecule has 0 saturated carbocycles. The fourth-order valence-corrected chi connectivity index (χ4v) is 2.88. The van der Waals surface area contributed by atoms with Crippen LogP contribution in [0.5, 0.6) is 5.88 Å². The average Bonchev–Trinajstić information content (AvgIpc) is 3.07. The molecule has 1 aliphatic rings. The van der Waals surface area contributed by atoms with E-state index in [0.29, 0.717) is 33.9 Å². The number of carbonyl (C=O) groups excluding carboxylic acids is 1. The molecule has 118 valence electrons. The van der Waals surface area contributed by atoms with E-state index in [0.717, 1.165) is 11.4 Å². The summed E-state index contributed by atoms with van der Waals surface area (Å²) in [6.45, 7) is 3.73. The predicted octanol–water partition coefficient (Wildman–Crippen LogP) is 2.79. The van der Waals surface area contributed by atoms with Crippen molar-refractivity contribution in [1.29, 1.82) is 0 Å². The van der Waals surface area contributed by atoms with E-state index in [9.17, 15) is 9.90 Å². The Morgan fingerprint density at radius 2 is 1.54 bits per heavy atom. The number of H-pyrrole nitrogens is 1. The summed E-state index contributed by atoms with van der Waals surface area (Å²) in [6.07, 6.45) is 0. The van der Waals surface area contributed by atoms with Crippen molar-refractivity contribution < 1.29 is 9.90 Å². The number of aliphatic imine (C=N–C) groups is 1. The van der Waals surface area contributed by atoms with Gasteiger partial charge in [0.05, 0.1) is 28.2 Å². The maximum absolute atomic E-state index is 12.5. The van der Waals surface area contributed by atoms with Gasteiger partial charge < -0.3 is 10.1 Å². The summed E-state index contributed by atoms with van der Waals surface area (Å²) in [5, 5.41) is 10.4. The van der Waals surface area contributed by atoms with E-state index in [1.54, 1.807) is 12.1 Å². The van der Waals surface area contributed by atoms with Crippen molar-refractivity contribution in [2.24, 2.45) is 4.99 Å². The molecule has 0 bridgehead atoms. The third-order valence-electron chi connectivity index (χ3n) is 3.92. The standard InChI is InChI=1S/C18H14N4O2/c1-9-5-3-7-11(19-9)15-13-14(18(24)21-15)16(22-17(13)23)12-8-4-6-10(2)20-12/h3-8,21,24H,1-2H3. The molecule has 6 nitrogen and oxygen atoms in total. The molecule has 0 spiro atoms. The van der Waals surface area contributed by atoms with E-state index in [2.05, 4.69) is 19.9 Å². The number of hydrogen-bond acceptors (Lipinski definition) is 4. The molecule has 1 amide bonds. The van der Waals surface area contributed by atoms with Gasteiger partial charge in [-0.2, -0.15) is 0 Å². The summed E-state index contributed by atoms with van der Waals surface area (Å²) >= 11 is 0. The normalized spacial score (nSPS) is 13.1. The number of aromatic amines is 1. The number of aryl methyl sites for hydroxylation is 2. The van der Waals surface area contributed by atoms with Gasteiger partial charge in [-0.15, -0.1) is 0 Å². The minimum atomic E-state index is -0.404. The van der Waals surface area contributed by atoms with Crippen LogP contribution in [0.4, 0.5) is 0 Å². The number of carbonyl (C=O) groups is 1. The molecule has 0 radical (unpaired) electrons. The summed E-state index contributed by atoms with van der Waals surface area (Å²) < 4.78 is 0. The smallest absolute Gasteiger partial charge is 0.280 e. The topological polar surface area (TPSA) is 91.2 Å². The van der Waals surface area contributed by atoms with Crippen molar-refractivity contribution in [3.8, 4) is 17.3 Å². The molecule has 3 aromatic rings. The number of nitrogens with one attached hydrogen (secondary N) is 1. The monoisotopic (exact) mass is 318 g/mol. The van der Waals surface area contributed by atoms with E-state index >= 15 is 0 Å². The molecule has 0 unspecified atom stereocenters. The Morgan fingerprint density at radius 1 is 0.917 bits per heavy atom. The molecule has 0 aromatic carbocycles. The molecule has 0 aliphatic carbocycles. The predicted molar refractivity (Wildman–Crippen MR) is 89.4 cm³/mol. The lowest BCUT2D eigenvalue weighted by atomic mass is 10.0. The third kappa shape index (κ3) is 2.11. The van der Waals surface area contributed by atoms with Crippen LogP contribution >= 0.6 is 0 Å². The summed E-state index contributed by atoms with van der Waals surface area (Å²) in [5.74, 6) is -0.505. The second-order valence-electron chi connectivity index (χ2n) is 5.69. The minimum Gasteiger partial charge on any atom is -0.494 e. The highest BCUT2D eigenvalue weighted by Crippen LogP contribution is 2.37. The van der Waals surface area contributed by atoms with Gasteiger partial charge >= 0.3 is 0 Å². The molecule has 1 aliphatic heterocycles. The van der Waals surface area contributed by atoms with Gasteiger partial charge in [-0.1, -0.05) is 12.1 Å². The van der Waals surface area contributed by atoms with Crippen molar-refractivity contribution in [3.05, 3.63) is 64.6 Å². The Morgan fingerprint density at radius 3 is 2.21 bits per heavy atom. The molecular weight excluding hydrogens is 304 g/mol. The van der Waals surface area contributed by atoms with E-state index < -0.39 is 5.91 Å². The van der Waals surface area contributed by atoms with Crippen LogP contribution in [0, 0.1) is 13.8 Å². The molecule has 24 heavy (non-hydrogen) atoms. The van der Waals surface area contributed by atoms with Crippen LogP contribution in [-0.4, -0.2) is 31.7 Å². The Labute approximate surface area is 137 Å². The van der Waals surface area contributed by atoms with Crippen LogP contribution in [-0.2, 0) is 0 Å². The fraction of sp³-hybridized carbons (Fsp3) is 0.111. The van der Waals surface area contributed by atoms with Crippen LogP contribution in [0.15, 0.2) is 41.4 Å². The summed E-state index contributed by atoms with van der Waals surface area (Å²) in [4.78, 5) is 28.2. The Balaban J connectivity index is 1.91. The van der Waals surface area contributed by atoms with Crippen molar-refractivity contribution >= 4 is 11.6 Å². The molecule has 4 rings (SSSR count). The number of hydrogen-bond donors (Lipinski definition) is 2. The molecule has 2 N–H and O–H groups in total. The molecule has 0 atom stereocenters. The lowest BCUT2D eigenvalue weighted by Gasteiger charge is -2.01. The lowest BCUT2D eigenvalue weighted by molar-refractivity contribution is 0.101. The van der Waals surface area contributed by atoms with Crippen molar-refractivity contribution in [2.45, 2.75) is 13.8 Å². The highest BCUT2D eigenvalue weighted by atomic mass is 16.3. The van der Waals surface area contributed by atoms with Crippen LogP contribution in [0.3, 0.4) is 0 Å². The molecule has 0 saturated heterocycles. The second kappa shape index (κ2) is 5.13. The van der Waals surface area contributed by atoms with E-state index in [4.69, 9.17) is 0 Å². The highest BCUT2D eigenvalue weighted by molar-refractivity contribution is 6.29. The highest BCUT2D eigenvalue weighted by Gasteiger charge is 2.34. The fourth-order valence-electron chi connectivity index (χ4n) is 2.88. The molecule has 4 heterocycles. The largest absolute Gasteiger partial charge is 0.494 e. The SMILES string of the molecule is Cc1cccc(C2=NC(=O)c3c(-c4cccc(C)n4)[nH]c(O)c32)n1. The van der Waals surface area contributed by atoms with Crippen LogP contribution in [0.25, 0.3) is 11.4 Å². The van der Waals surface area contributed by atoms with Gasteiger partial charge in [0.25, 0.3) is 5.91 Å². The maximum Gasteiger partial charge on any atom is 0.280 e. The zero-order chi connectivity index (χ0) is 16.8. The van der Waals surface area contributed by atoms with Crippen molar-refractivity contribution in [2.75, 3.05) is 0 Å².